The smallest absolute Gasteiger partial charge is 0.341 e. The number of hydrogen-bond acceptors (Lipinski definition) is 5. The first kappa shape index (κ1) is 14.0. The molecule has 0 amide bonds. The van der Waals surface area contributed by atoms with E-state index in [0.717, 1.165) is 11.1 Å². The first-order valence-corrected chi connectivity index (χ1v) is 6.31. The van der Waals surface area contributed by atoms with Crippen molar-refractivity contribution in [2.75, 3.05) is 13.7 Å². The molecule has 0 N–H and O–H groups in total. The molecule has 20 heavy (non-hydrogen) atoms. The van der Waals surface area contributed by atoms with Crippen molar-refractivity contribution in [1.82, 2.24) is 9.97 Å². The Morgan fingerprint density at radius 3 is 2.70 bits per heavy atom. The SMILES string of the molecule is CCOC(=O)c1cnc(OC)nc1-c1ccccc1C. The van der Waals surface area contributed by atoms with E-state index in [4.69, 9.17) is 9.47 Å². The second kappa shape index (κ2) is 6.14. The van der Waals surface area contributed by atoms with Gasteiger partial charge in [0.05, 0.1) is 19.4 Å². The molecule has 2 rings (SSSR count). The molecule has 0 aliphatic rings. The molecule has 0 aliphatic carbocycles. The van der Waals surface area contributed by atoms with E-state index in [1.54, 1.807) is 6.92 Å². The van der Waals surface area contributed by atoms with Gasteiger partial charge >= 0.3 is 12.0 Å². The molecule has 5 nitrogen and oxygen atoms in total. The van der Waals surface area contributed by atoms with E-state index in [2.05, 4.69) is 9.97 Å². The van der Waals surface area contributed by atoms with Crippen molar-refractivity contribution in [2.45, 2.75) is 13.8 Å². The molecule has 1 aromatic heterocycles. The van der Waals surface area contributed by atoms with Gasteiger partial charge in [0, 0.05) is 11.8 Å². The average molecular weight is 272 g/mol. The van der Waals surface area contributed by atoms with E-state index >= 15 is 0 Å². The number of methoxy groups -OCH3 is 1. The van der Waals surface area contributed by atoms with Gasteiger partial charge in [-0.05, 0) is 19.4 Å². The number of carbonyl (C=O) groups is 1. The number of aryl methyl sites for hydroxylation is 1. The molecule has 0 fully saturated rings. The fraction of sp³-hybridized carbons (Fsp3) is 0.267. The Bertz CT molecular complexity index is 626. The van der Waals surface area contributed by atoms with E-state index in [0.29, 0.717) is 17.9 Å². The zero-order valence-corrected chi connectivity index (χ0v) is 11.7. The van der Waals surface area contributed by atoms with Crippen molar-refractivity contribution >= 4 is 5.97 Å². The van der Waals surface area contributed by atoms with Crippen LogP contribution in [0.2, 0.25) is 0 Å². The second-order valence-corrected chi connectivity index (χ2v) is 4.15. The maximum atomic E-state index is 12.0. The lowest BCUT2D eigenvalue weighted by molar-refractivity contribution is 0.0526. The molecule has 0 spiro atoms. The molecule has 0 atom stereocenters. The highest BCUT2D eigenvalue weighted by Gasteiger charge is 2.18. The van der Waals surface area contributed by atoms with Crippen molar-refractivity contribution in [2.24, 2.45) is 0 Å². The van der Waals surface area contributed by atoms with Crippen molar-refractivity contribution in [1.29, 1.82) is 0 Å². The van der Waals surface area contributed by atoms with Gasteiger partial charge in [-0.15, -0.1) is 0 Å². The minimum absolute atomic E-state index is 0.219. The lowest BCUT2D eigenvalue weighted by Gasteiger charge is -2.11. The molecule has 1 aromatic carbocycles. The number of hydrogen-bond donors (Lipinski definition) is 0. The molecular weight excluding hydrogens is 256 g/mol. The van der Waals surface area contributed by atoms with Gasteiger partial charge in [-0.2, -0.15) is 4.98 Å². The van der Waals surface area contributed by atoms with E-state index in [1.165, 1.54) is 13.3 Å². The van der Waals surface area contributed by atoms with Crippen LogP contribution < -0.4 is 4.74 Å². The lowest BCUT2D eigenvalue weighted by Crippen LogP contribution is -2.09. The molecule has 5 heteroatoms. The van der Waals surface area contributed by atoms with Crippen LogP contribution in [0.15, 0.2) is 30.5 Å². The number of carbonyl (C=O) groups excluding carboxylic acids is 1. The first-order chi connectivity index (χ1) is 9.67. The molecular formula is C15H16N2O3. The van der Waals surface area contributed by atoms with Crippen molar-refractivity contribution in [3.05, 3.63) is 41.6 Å². The van der Waals surface area contributed by atoms with Gasteiger partial charge in [-0.3, -0.25) is 0 Å². The summed E-state index contributed by atoms with van der Waals surface area (Å²) in [6, 6.07) is 7.91. The van der Waals surface area contributed by atoms with Gasteiger partial charge in [0.15, 0.2) is 0 Å². The van der Waals surface area contributed by atoms with Crippen LogP contribution in [0, 0.1) is 6.92 Å². The van der Waals surface area contributed by atoms with Crippen molar-refractivity contribution in [3.8, 4) is 17.3 Å². The molecule has 0 radical (unpaired) electrons. The molecule has 0 unspecified atom stereocenters. The van der Waals surface area contributed by atoms with Gasteiger partial charge < -0.3 is 9.47 Å². The minimum atomic E-state index is -0.437. The number of esters is 1. The maximum absolute atomic E-state index is 12.0. The molecule has 104 valence electrons. The van der Waals surface area contributed by atoms with Crippen LogP contribution >= 0.6 is 0 Å². The molecule has 0 aliphatic heterocycles. The van der Waals surface area contributed by atoms with E-state index in [-0.39, 0.29) is 6.01 Å². The zero-order valence-electron chi connectivity index (χ0n) is 11.7. The second-order valence-electron chi connectivity index (χ2n) is 4.15. The van der Waals surface area contributed by atoms with Gasteiger partial charge in [-0.25, -0.2) is 9.78 Å². The summed E-state index contributed by atoms with van der Waals surface area (Å²) in [6.07, 6.45) is 1.44. The normalized spacial score (nSPS) is 10.2. The van der Waals surface area contributed by atoms with Crippen LogP contribution in [0.4, 0.5) is 0 Å². The van der Waals surface area contributed by atoms with Crippen LogP contribution in [-0.4, -0.2) is 29.7 Å². The summed E-state index contributed by atoms with van der Waals surface area (Å²) in [4.78, 5) is 20.3. The maximum Gasteiger partial charge on any atom is 0.341 e. The van der Waals surface area contributed by atoms with Crippen LogP contribution in [0.25, 0.3) is 11.3 Å². The summed E-state index contributed by atoms with van der Waals surface area (Å²) >= 11 is 0. The van der Waals surface area contributed by atoms with Gasteiger partial charge in [0.2, 0.25) is 0 Å². The summed E-state index contributed by atoms with van der Waals surface area (Å²) in [6.45, 7) is 4.02. The molecule has 0 bridgehead atoms. The molecule has 0 saturated carbocycles. The third kappa shape index (κ3) is 2.77. The fourth-order valence-electron chi connectivity index (χ4n) is 1.87. The summed E-state index contributed by atoms with van der Waals surface area (Å²) in [5.41, 5.74) is 2.73. The van der Waals surface area contributed by atoms with Crippen LogP contribution in [-0.2, 0) is 4.74 Å². The number of aromatic nitrogens is 2. The number of rotatable bonds is 4. The Kier molecular flexibility index (Phi) is 4.30. The van der Waals surface area contributed by atoms with Gasteiger partial charge in [0.25, 0.3) is 0 Å². The van der Waals surface area contributed by atoms with Gasteiger partial charge in [0.1, 0.15) is 5.56 Å². The molecule has 0 saturated heterocycles. The average Bonchev–Trinajstić information content (AvgIpc) is 2.47. The van der Waals surface area contributed by atoms with Crippen molar-refractivity contribution < 1.29 is 14.3 Å². The quantitative estimate of drug-likeness (QED) is 0.801. The Morgan fingerprint density at radius 1 is 1.30 bits per heavy atom. The third-order valence-electron chi connectivity index (χ3n) is 2.84. The molecule has 1 heterocycles. The summed E-state index contributed by atoms with van der Waals surface area (Å²) in [5.74, 6) is -0.437. The highest BCUT2D eigenvalue weighted by Crippen LogP contribution is 2.26. The highest BCUT2D eigenvalue weighted by molar-refractivity contribution is 5.96. The largest absolute Gasteiger partial charge is 0.467 e. The minimum Gasteiger partial charge on any atom is -0.467 e. The molecule has 2 aromatic rings. The van der Waals surface area contributed by atoms with Crippen LogP contribution in [0.3, 0.4) is 0 Å². The first-order valence-electron chi connectivity index (χ1n) is 6.31. The van der Waals surface area contributed by atoms with Gasteiger partial charge in [-0.1, -0.05) is 24.3 Å². The van der Waals surface area contributed by atoms with Crippen LogP contribution in [0.1, 0.15) is 22.8 Å². The lowest BCUT2D eigenvalue weighted by atomic mass is 10.0. The summed E-state index contributed by atoms with van der Waals surface area (Å²) < 4.78 is 10.1. The predicted molar refractivity (Wildman–Crippen MR) is 74.7 cm³/mol. The Morgan fingerprint density at radius 2 is 2.05 bits per heavy atom. The fourth-order valence-corrected chi connectivity index (χ4v) is 1.87. The number of benzene rings is 1. The number of ether oxygens (including phenoxy) is 2. The van der Waals surface area contributed by atoms with E-state index in [1.807, 2.05) is 31.2 Å². The predicted octanol–water partition coefficient (Wildman–Crippen LogP) is 2.64. The Labute approximate surface area is 117 Å². The number of nitrogens with zero attached hydrogens (tertiary/aromatic N) is 2. The topological polar surface area (TPSA) is 61.3 Å². The highest BCUT2D eigenvalue weighted by atomic mass is 16.5. The standard InChI is InChI=1S/C15H16N2O3/c1-4-20-14(18)12-9-16-15(19-3)17-13(12)11-8-6-5-7-10(11)2/h5-9H,4H2,1-3H3. The monoisotopic (exact) mass is 272 g/mol. The Hall–Kier alpha value is -2.43. The van der Waals surface area contributed by atoms with Crippen LogP contribution in [0.5, 0.6) is 6.01 Å². The third-order valence-corrected chi connectivity index (χ3v) is 2.84. The summed E-state index contributed by atoms with van der Waals surface area (Å²) in [5, 5.41) is 0. The van der Waals surface area contributed by atoms with E-state index in [9.17, 15) is 4.79 Å². The Balaban J connectivity index is 2.59. The van der Waals surface area contributed by atoms with Crippen molar-refractivity contribution in [3.63, 3.8) is 0 Å². The summed E-state index contributed by atoms with van der Waals surface area (Å²) in [7, 11) is 1.49. The van der Waals surface area contributed by atoms with E-state index < -0.39 is 5.97 Å². The zero-order chi connectivity index (χ0) is 14.5.